The Morgan fingerprint density at radius 2 is 1.60 bits per heavy atom. The van der Waals surface area contributed by atoms with Gasteiger partial charge in [-0.1, -0.05) is 48.0 Å². The molecule has 4 aromatic carbocycles. The molecule has 1 amide bonds. The number of fused-ring (bicyclic) bond motifs is 1. The van der Waals surface area contributed by atoms with E-state index in [2.05, 4.69) is 10.5 Å². The van der Waals surface area contributed by atoms with Gasteiger partial charge in [0.1, 0.15) is 5.75 Å². The summed E-state index contributed by atoms with van der Waals surface area (Å²) in [5.41, 5.74) is 3.66. The molecular formula is C27H21ClN2O5. The molecule has 0 radical (unpaired) electrons. The quantitative estimate of drug-likeness (QED) is 0.161. The van der Waals surface area contributed by atoms with Crippen molar-refractivity contribution in [2.24, 2.45) is 5.10 Å². The van der Waals surface area contributed by atoms with Crippen LogP contribution in [0.25, 0.3) is 10.8 Å². The number of hydrogen-bond donors (Lipinski definition) is 1. The van der Waals surface area contributed by atoms with E-state index in [1.54, 1.807) is 48.5 Å². The van der Waals surface area contributed by atoms with Crippen molar-refractivity contribution in [1.82, 2.24) is 5.43 Å². The standard InChI is InChI=1S/C27H21ClN2O5/c1-33-24-13-11-19(15-25(24)34-2)27(32)35-23-12-10-17-6-3-4-9-21(17)22(23)16-29-30-26(31)18-7-5-8-20(28)14-18/h3-16H,1-2H3,(H,30,31)/b29-16-. The van der Waals surface area contributed by atoms with Crippen LogP contribution in [0.2, 0.25) is 5.02 Å². The highest BCUT2D eigenvalue weighted by Crippen LogP contribution is 2.30. The molecule has 0 heterocycles. The fourth-order valence-electron chi connectivity index (χ4n) is 3.47. The average Bonchev–Trinajstić information content (AvgIpc) is 2.89. The third-order valence-electron chi connectivity index (χ3n) is 5.20. The lowest BCUT2D eigenvalue weighted by atomic mass is 10.0. The molecule has 0 aliphatic carbocycles. The molecule has 0 spiro atoms. The molecule has 0 aromatic heterocycles. The first-order chi connectivity index (χ1) is 17.0. The maximum Gasteiger partial charge on any atom is 0.343 e. The van der Waals surface area contributed by atoms with Gasteiger partial charge in [-0.25, -0.2) is 10.2 Å². The van der Waals surface area contributed by atoms with E-state index in [0.29, 0.717) is 27.6 Å². The minimum atomic E-state index is -0.584. The summed E-state index contributed by atoms with van der Waals surface area (Å²) in [7, 11) is 3.00. The van der Waals surface area contributed by atoms with E-state index in [9.17, 15) is 9.59 Å². The second-order valence-corrected chi connectivity index (χ2v) is 7.80. The molecule has 0 saturated heterocycles. The van der Waals surface area contributed by atoms with Gasteiger partial charge in [0.2, 0.25) is 0 Å². The Morgan fingerprint density at radius 1 is 0.829 bits per heavy atom. The summed E-state index contributed by atoms with van der Waals surface area (Å²) in [5.74, 6) is 0.181. The molecule has 1 N–H and O–H groups in total. The van der Waals surface area contributed by atoms with E-state index in [-0.39, 0.29) is 11.3 Å². The van der Waals surface area contributed by atoms with E-state index < -0.39 is 11.9 Å². The van der Waals surface area contributed by atoms with Gasteiger partial charge in [0.15, 0.2) is 11.5 Å². The predicted molar refractivity (Wildman–Crippen MR) is 135 cm³/mol. The molecule has 0 bridgehead atoms. The number of esters is 1. The number of hydrazone groups is 1. The highest BCUT2D eigenvalue weighted by atomic mass is 35.5. The number of ether oxygens (including phenoxy) is 3. The van der Waals surface area contributed by atoms with Crippen LogP contribution in [0, 0.1) is 0 Å². The number of nitrogens with zero attached hydrogens (tertiary/aromatic N) is 1. The van der Waals surface area contributed by atoms with Gasteiger partial charge in [0.25, 0.3) is 5.91 Å². The summed E-state index contributed by atoms with van der Waals surface area (Å²) in [6, 6.07) is 22.4. The molecule has 0 fully saturated rings. The van der Waals surface area contributed by atoms with Crippen LogP contribution in [0.15, 0.2) is 84.0 Å². The smallest absolute Gasteiger partial charge is 0.343 e. The molecule has 7 nitrogen and oxygen atoms in total. The number of rotatable bonds is 7. The highest BCUT2D eigenvalue weighted by molar-refractivity contribution is 6.31. The van der Waals surface area contributed by atoms with Crippen molar-refractivity contribution < 1.29 is 23.8 Å². The van der Waals surface area contributed by atoms with Crippen molar-refractivity contribution >= 4 is 40.5 Å². The third-order valence-corrected chi connectivity index (χ3v) is 5.43. The number of benzene rings is 4. The second kappa shape index (κ2) is 10.7. The van der Waals surface area contributed by atoms with Crippen molar-refractivity contribution in [3.63, 3.8) is 0 Å². The van der Waals surface area contributed by atoms with Crippen LogP contribution >= 0.6 is 11.6 Å². The summed E-state index contributed by atoms with van der Waals surface area (Å²) < 4.78 is 16.2. The van der Waals surface area contributed by atoms with Crippen LogP contribution < -0.4 is 19.6 Å². The van der Waals surface area contributed by atoms with Crippen molar-refractivity contribution in [1.29, 1.82) is 0 Å². The summed E-state index contributed by atoms with van der Waals surface area (Å²) in [4.78, 5) is 25.3. The first-order valence-corrected chi connectivity index (χ1v) is 10.9. The Bertz CT molecular complexity index is 1430. The number of carbonyl (C=O) groups excluding carboxylic acids is 2. The summed E-state index contributed by atoms with van der Waals surface area (Å²) in [5, 5.41) is 6.25. The normalized spacial score (nSPS) is 10.8. The largest absolute Gasteiger partial charge is 0.493 e. The van der Waals surface area contributed by atoms with Gasteiger partial charge in [-0.05, 0) is 53.2 Å². The van der Waals surface area contributed by atoms with Gasteiger partial charge in [-0.15, -0.1) is 0 Å². The molecule has 35 heavy (non-hydrogen) atoms. The van der Waals surface area contributed by atoms with Crippen molar-refractivity contribution in [3.05, 3.63) is 101 Å². The summed E-state index contributed by atoms with van der Waals surface area (Å²) in [6.45, 7) is 0. The lowest BCUT2D eigenvalue weighted by Crippen LogP contribution is -2.17. The van der Waals surface area contributed by atoms with Gasteiger partial charge >= 0.3 is 5.97 Å². The fourth-order valence-corrected chi connectivity index (χ4v) is 3.66. The molecule has 0 atom stereocenters. The van der Waals surface area contributed by atoms with Gasteiger partial charge in [-0.2, -0.15) is 5.10 Å². The molecule has 8 heteroatoms. The minimum absolute atomic E-state index is 0.282. The maximum absolute atomic E-state index is 12.9. The van der Waals surface area contributed by atoms with Crippen molar-refractivity contribution in [3.8, 4) is 17.2 Å². The van der Waals surface area contributed by atoms with Gasteiger partial charge in [-0.3, -0.25) is 4.79 Å². The molecule has 0 unspecified atom stereocenters. The number of nitrogens with one attached hydrogen (secondary N) is 1. The molecule has 4 rings (SSSR count). The Balaban J connectivity index is 1.63. The van der Waals surface area contributed by atoms with Crippen molar-refractivity contribution in [2.75, 3.05) is 14.2 Å². The molecular weight excluding hydrogens is 468 g/mol. The van der Waals surface area contributed by atoms with Crippen LogP contribution in [0.1, 0.15) is 26.3 Å². The van der Waals surface area contributed by atoms with Crippen LogP contribution in [0.3, 0.4) is 0 Å². The fraction of sp³-hybridized carbons (Fsp3) is 0.0741. The minimum Gasteiger partial charge on any atom is -0.493 e. The second-order valence-electron chi connectivity index (χ2n) is 7.37. The van der Waals surface area contributed by atoms with Gasteiger partial charge in [0.05, 0.1) is 26.0 Å². The SMILES string of the molecule is COc1ccc(C(=O)Oc2ccc3ccccc3c2/C=N\NC(=O)c2cccc(Cl)c2)cc1OC. The first-order valence-electron chi connectivity index (χ1n) is 10.5. The van der Waals surface area contributed by atoms with E-state index in [4.69, 9.17) is 25.8 Å². The number of carbonyl (C=O) groups is 2. The molecule has 0 aliphatic rings. The zero-order valence-electron chi connectivity index (χ0n) is 18.9. The summed E-state index contributed by atoms with van der Waals surface area (Å²) in [6.07, 6.45) is 1.45. The third kappa shape index (κ3) is 5.42. The van der Waals surface area contributed by atoms with Crippen LogP contribution in [-0.2, 0) is 0 Å². The predicted octanol–water partition coefficient (Wildman–Crippen LogP) is 5.49. The Morgan fingerprint density at radius 3 is 2.37 bits per heavy atom. The number of halogens is 1. The molecule has 176 valence electrons. The molecule has 0 aliphatic heterocycles. The van der Waals surface area contributed by atoms with Crippen molar-refractivity contribution in [2.45, 2.75) is 0 Å². The average molecular weight is 489 g/mol. The van der Waals surface area contributed by atoms with E-state index in [1.807, 2.05) is 30.3 Å². The number of amides is 1. The Hall–Kier alpha value is -4.36. The monoisotopic (exact) mass is 488 g/mol. The Labute approximate surface area is 206 Å². The van der Waals surface area contributed by atoms with E-state index in [1.165, 1.54) is 20.4 Å². The van der Waals surface area contributed by atoms with Crippen LogP contribution in [0.5, 0.6) is 17.2 Å². The first kappa shape index (κ1) is 23.8. The van der Waals surface area contributed by atoms with E-state index in [0.717, 1.165) is 10.8 Å². The lowest BCUT2D eigenvalue weighted by Gasteiger charge is -2.12. The zero-order chi connectivity index (χ0) is 24.8. The van der Waals surface area contributed by atoms with Crippen LogP contribution in [0.4, 0.5) is 0 Å². The summed E-state index contributed by atoms with van der Waals surface area (Å²) >= 11 is 5.96. The topological polar surface area (TPSA) is 86.2 Å². The number of methoxy groups -OCH3 is 2. The molecule has 0 saturated carbocycles. The van der Waals surface area contributed by atoms with Crippen LogP contribution in [-0.4, -0.2) is 32.3 Å². The lowest BCUT2D eigenvalue weighted by molar-refractivity contribution is 0.0734. The highest BCUT2D eigenvalue weighted by Gasteiger charge is 2.16. The molecule has 4 aromatic rings. The van der Waals surface area contributed by atoms with Gasteiger partial charge in [0, 0.05) is 16.1 Å². The zero-order valence-corrected chi connectivity index (χ0v) is 19.7. The number of hydrogen-bond acceptors (Lipinski definition) is 6. The maximum atomic E-state index is 12.9. The Kier molecular flexibility index (Phi) is 7.28. The van der Waals surface area contributed by atoms with E-state index >= 15 is 0 Å². The van der Waals surface area contributed by atoms with Gasteiger partial charge < -0.3 is 14.2 Å².